The summed E-state index contributed by atoms with van der Waals surface area (Å²) >= 11 is 1.72. The lowest BCUT2D eigenvalue weighted by molar-refractivity contribution is -0.142. The maximum Gasteiger partial charge on any atom is 0.239 e. The van der Waals surface area contributed by atoms with Crippen molar-refractivity contribution in [3.8, 4) is 0 Å². The van der Waals surface area contributed by atoms with Crippen LogP contribution in [-0.4, -0.2) is 72.6 Å². The molecule has 0 unspecified atom stereocenters. The van der Waals surface area contributed by atoms with Gasteiger partial charge in [0.2, 0.25) is 11.9 Å². The number of piperidine rings is 1. The fraction of sp³-hybridized carbons (Fsp3) is 0.722. The van der Waals surface area contributed by atoms with Crippen LogP contribution in [0.2, 0.25) is 0 Å². The molecule has 1 spiro atoms. The minimum Gasteiger partial charge on any atom is -0.368 e. The third kappa shape index (κ3) is 5.21. The van der Waals surface area contributed by atoms with Crippen molar-refractivity contribution in [2.75, 3.05) is 50.7 Å². The summed E-state index contributed by atoms with van der Waals surface area (Å²) in [5, 5.41) is 0. The van der Waals surface area contributed by atoms with Crippen molar-refractivity contribution in [2.24, 2.45) is 5.73 Å². The van der Waals surface area contributed by atoms with Gasteiger partial charge in [-0.2, -0.15) is 11.8 Å². The molecule has 1 amide bonds. The molecule has 160 valence electrons. The number of carbonyl (C=O) groups excluding carboxylic acids is 1. The molecule has 1 aromatic rings. The van der Waals surface area contributed by atoms with Gasteiger partial charge in [0, 0.05) is 33.4 Å². The number of hydrogen-bond acceptors (Lipinski definition) is 7. The second-order valence-corrected chi connectivity index (χ2v) is 8.23. The average molecular weight is 452 g/mol. The lowest BCUT2D eigenvalue weighted by Gasteiger charge is -2.44. The molecule has 0 aromatic carbocycles. The Morgan fingerprint density at radius 3 is 2.68 bits per heavy atom. The van der Waals surface area contributed by atoms with Crippen LogP contribution in [0.25, 0.3) is 0 Å². The summed E-state index contributed by atoms with van der Waals surface area (Å²) in [7, 11) is 3.88. The van der Waals surface area contributed by atoms with Gasteiger partial charge < -0.3 is 20.3 Å². The predicted molar refractivity (Wildman–Crippen MR) is 119 cm³/mol. The maximum absolute atomic E-state index is 12.6. The Labute approximate surface area is 184 Å². The molecule has 2 N–H and O–H groups in total. The Hall–Kier alpha value is -0.800. The first-order valence-corrected chi connectivity index (χ1v) is 10.6. The highest BCUT2D eigenvalue weighted by molar-refractivity contribution is 7.98. The molecule has 28 heavy (non-hydrogen) atoms. The van der Waals surface area contributed by atoms with Crippen LogP contribution in [0.1, 0.15) is 30.5 Å². The molecule has 0 bridgehead atoms. The maximum atomic E-state index is 12.6. The number of carbonyl (C=O) groups is 1. The number of rotatable bonds is 5. The molecule has 0 saturated carbocycles. The number of halogens is 2. The van der Waals surface area contributed by atoms with E-state index in [-0.39, 0.29) is 30.7 Å². The second-order valence-electron chi connectivity index (χ2n) is 7.24. The summed E-state index contributed by atoms with van der Waals surface area (Å²) < 4.78 is 6.24. The third-order valence-electron chi connectivity index (χ3n) is 5.27. The third-order valence-corrected chi connectivity index (χ3v) is 5.91. The molecule has 2 aliphatic heterocycles. The summed E-state index contributed by atoms with van der Waals surface area (Å²) in [6.45, 7) is 2.00. The van der Waals surface area contributed by atoms with Gasteiger partial charge in [-0.05, 0) is 43.3 Å². The number of nitrogens with two attached hydrogens (primary N) is 1. The van der Waals surface area contributed by atoms with Gasteiger partial charge in [0.1, 0.15) is 5.60 Å². The van der Waals surface area contributed by atoms with Crippen LogP contribution in [-0.2, 0) is 21.6 Å². The molecule has 1 fully saturated rings. The number of thioether (sulfide) groups is 1. The first kappa shape index (κ1) is 25.2. The molecule has 0 aliphatic carbocycles. The number of likely N-dealkylation sites (tertiary alicyclic amines) is 1. The van der Waals surface area contributed by atoms with Crippen molar-refractivity contribution in [3.63, 3.8) is 0 Å². The quantitative estimate of drug-likeness (QED) is 0.730. The van der Waals surface area contributed by atoms with Crippen LogP contribution < -0.4 is 10.6 Å². The zero-order chi connectivity index (χ0) is 18.7. The number of nitrogens with zero attached hydrogens (tertiary/aromatic N) is 4. The SMILES string of the molecule is CSCC[C@H](N)C(=O)N1CCC2(CC1)OCCc1cnc(N(C)C)nc12.Cl.Cl. The van der Waals surface area contributed by atoms with Crippen molar-refractivity contribution in [1.82, 2.24) is 14.9 Å². The van der Waals surface area contributed by atoms with Crippen LogP contribution in [0, 0.1) is 0 Å². The van der Waals surface area contributed by atoms with Crippen LogP contribution in [0.5, 0.6) is 0 Å². The number of fused-ring (bicyclic) bond motifs is 2. The number of anilines is 1. The van der Waals surface area contributed by atoms with Gasteiger partial charge in [-0.1, -0.05) is 0 Å². The van der Waals surface area contributed by atoms with Gasteiger partial charge in [0.05, 0.1) is 18.3 Å². The molecular formula is C18H31Cl2N5O2S. The van der Waals surface area contributed by atoms with Crippen LogP contribution in [0.3, 0.4) is 0 Å². The van der Waals surface area contributed by atoms with Crippen molar-refractivity contribution in [2.45, 2.75) is 37.3 Å². The van der Waals surface area contributed by atoms with E-state index in [1.807, 2.05) is 36.3 Å². The molecular weight excluding hydrogens is 421 g/mol. The largest absolute Gasteiger partial charge is 0.368 e. The molecule has 3 heterocycles. The normalized spacial score (nSPS) is 18.5. The van der Waals surface area contributed by atoms with Crippen LogP contribution in [0.4, 0.5) is 5.95 Å². The Balaban J connectivity index is 0.00000196. The minimum absolute atomic E-state index is 0. The summed E-state index contributed by atoms with van der Waals surface area (Å²) in [6, 6.07) is -0.404. The minimum atomic E-state index is -0.404. The number of ether oxygens (including phenoxy) is 1. The van der Waals surface area contributed by atoms with E-state index in [4.69, 9.17) is 15.5 Å². The lowest BCUT2D eigenvalue weighted by atomic mass is 9.83. The Morgan fingerprint density at radius 1 is 1.39 bits per heavy atom. The van der Waals surface area contributed by atoms with E-state index in [9.17, 15) is 4.79 Å². The first-order chi connectivity index (χ1) is 12.5. The molecule has 0 radical (unpaired) electrons. The molecule has 1 saturated heterocycles. The van der Waals surface area contributed by atoms with E-state index in [2.05, 4.69) is 4.98 Å². The Bertz CT molecular complexity index is 657. The molecule has 7 nitrogen and oxygen atoms in total. The zero-order valence-electron chi connectivity index (χ0n) is 16.7. The van der Waals surface area contributed by atoms with E-state index in [1.165, 1.54) is 5.56 Å². The standard InChI is InChI=1S/C18H29N5O2S.2ClH/c1-22(2)17-20-12-13-4-10-25-18(15(13)21-17)6-8-23(9-7-18)16(24)14(19)5-11-26-3;;/h12,14H,4-11,19H2,1-3H3;2*1H/t14-;;/m0../s1. The van der Waals surface area contributed by atoms with Crippen LogP contribution in [0.15, 0.2) is 6.20 Å². The summed E-state index contributed by atoms with van der Waals surface area (Å²) in [5.41, 5.74) is 7.84. The van der Waals surface area contributed by atoms with E-state index in [0.717, 1.165) is 37.1 Å². The van der Waals surface area contributed by atoms with Gasteiger partial charge in [0.15, 0.2) is 0 Å². The summed E-state index contributed by atoms with van der Waals surface area (Å²) in [5.74, 6) is 1.67. The van der Waals surface area contributed by atoms with E-state index in [0.29, 0.717) is 25.6 Å². The highest BCUT2D eigenvalue weighted by atomic mass is 35.5. The van der Waals surface area contributed by atoms with Gasteiger partial charge in [-0.3, -0.25) is 4.79 Å². The van der Waals surface area contributed by atoms with E-state index >= 15 is 0 Å². The number of amides is 1. The van der Waals surface area contributed by atoms with E-state index in [1.54, 1.807) is 11.8 Å². The number of hydrogen-bond donors (Lipinski definition) is 1. The molecule has 10 heteroatoms. The van der Waals surface area contributed by atoms with Gasteiger partial charge in [-0.15, -0.1) is 24.8 Å². The van der Waals surface area contributed by atoms with Crippen molar-refractivity contribution < 1.29 is 9.53 Å². The van der Waals surface area contributed by atoms with E-state index < -0.39 is 11.6 Å². The fourth-order valence-electron chi connectivity index (χ4n) is 3.69. The molecule has 1 aromatic heterocycles. The van der Waals surface area contributed by atoms with Crippen molar-refractivity contribution >= 4 is 48.4 Å². The zero-order valence-corrected chi connectivity index (χ0v) is 19.2. The highest BCUT2D eigenvalue weighted by Gasteiger charge is 2.43. The van der Waals surface area contributed by atoms with Crippen LogP contribution >= 0.6 is 36.6 Å². The number of aromatic nitrogens is 2. The fourth-order valence-corrected chi connectivity index (χ4v) is 4.18. The predicted octanol–water partition coefficient (Wildman–Crippen LogP) is 1.86. The summed E-state index contributed by atoms with van der Waals surface area (Å²) in [6.07, 6.45) is 7.03. The molecule has 2 aliphatic rings. The topological polar surface area (TPSA) is 84.6 Å². The average Bonchev–Trinajstić information content (AvgIpc) is 2.66. The summed E-state index contributed by atoms with van der Waals surface area (Å²) in [4.78, 5) is 25.6. The molecule has 3 rings (SSSR count). The monoisotopic (exact) mass is 451 g/mol. The van der Waals surface area contributed by atoms with Crippen molar-refractivity contribution in [3.05, 3.63) is 17.5 Å². The van der Waals surface area contributed by atoms with Gasteiger partial charge in [-0.25, -0.2) is 9.97 Å². The Morgan fingerprint density at radius 2 is 2.07 bits per heavy atom. The molecule has 1 atom stereocenters. The highest BCUT2D eigenvalue weighted by Crippen LogP contribution is 2.40. The van der Waals surface area contributed by atoms with Gasteiger partial charge >= 0.3 is 0 Å². The second kappa shape index (κ2) is 10.8. The smallest absolute Gasteiger partial charge is 0.239 e. The van der Waals surface area contributed by atoms with Crippen molar-refractivity contribution in [1.29, 1.82) is 0 Å². The first-order valence-electron chi connectivity index (χ1n) is 9.18. The van der Waals surface area contributed by atoms with Gasteiger partial charge in [0.25, 0.3) is 0 Å². The Kier molecular flexibility index (Phi) is 9.76. The lowest BCUT2D eigenvalue weighted by Crippen LogP contribution is -2.52.